The Hall–Kier alpha value is -1.64. The summed E-state index contributed by atoms with van der Waals surface area (Å²) in [6.45, 7) is 7.20. The molecular weight excluding hydrogens is 332 g/mol. The van der Waals surface area contributed by atoms with Crippen molar-refractivity contribution in [3.63, 3.8) is 0 Å². The number of morpholine rings is 1. The van der Waals surface area contributed by atoms with E-state index < -0.39 is 16.1 Å². The summed E-state index contributed by atoms with van der Waals surface area (Å²) in [5.74, 6) is 0. The lowest BCUT2D eigenvalue weighted by molar-refractivity contribution is 0.00904. The summed E-state index contributed by atoms with van der Waals surface area (Å²) in [6.07, 6.45) is -0.706. The molecule has 0 bridgehead atoms. The van der Waals surface area contributed by atoms with Gasteiger partial charge in [0.1, 0.15) is 6.10 Å². The molecule has 0 spiro atoms. The fourth-order valence-electron chi connectivity index (χ4n) is 2.38. The van der Waals surface area contributed by atoms with Crippen molar-refractivity contribution < 1.29 is 22.7 Å². The van der Waals surface area contributed by atoms with E-state index in [1.165, 1.54) is 12.1 Å². The van der Waals surface area contributed by atoms with Crippen LogP contribution in [0.1, 0.15) is 18.9 Å². The lowest BCUT2D eigenvalue weighted by Crippen LogP contribution is -2.43. The van der Waals surface area contributed by atoms with Crippen LogP contribution in [0.3, 0.4) is 0 Å². The van der Waals surface area contributed by atoms with Crippen molar-refractivity contribution >= 4 is 16.1 Å². The number of amides is 1. The second-order valence-electron chi connectivity index (χ2n) is 5.77. The van der Waals surface area contributed by atoms with E-state index in [1.807, 2.05) is 18.6 Å². The first-order valence-corrected chi connectivity index (χ1v) is 9.49. The maximum Gasteiger partial charge on any atom is 0.421 e. The van der Waals surface area contributed by atoms with Gasteiger partial charge in [0.05, 0.1) is 18.1 Å². The summed E-state index contributed by atoms with van der Waals surface area (Å²) >= 11 is 0. The van der Waals surface area contributed by atoms with Crippen molar-refractivity contribution in [1.29, 1.82) is 0 Å². The molecule has 1 saturated heterocycles. The van der Waals surface area contributed by atoms with Gasteiger partial charge in [-0.3, -0.25) is 4.90 Å². The molecule has 0 unspecified atom stereocenters. The molecule has 1 aromatic carbocycles. The van der Waals surface area contributed by atoms with Crippen LogP contribution in [0.4, 0.5) is 4.79 Å². The van der Waals surface area contributed by atoms with Crippen molar-refractivity contribution in [2.24, 2.45) is 0 Å². The number of carbonyl (C=O) groups excluding carboxylic acids is 1. The number of ether oxygens (including phenoxy) is 2. The van der Waals surface area contributed by atoms with Crippen molar-refractivity contribution in [2.75, 3.05) is 32.8 Å². The van der Waals surface area contributed by atoms with Crippen LogP contribution < -0.4 is 4.72 Å². The molecule has 1 atom stereocenters. The van der Waals surface area contributed by atoms with E-state index in [1.54, 1.807) is 12.1 Å². The molecule has 0 saturated carbocycles. The molecule has 1 N–H and O–H groups in total. The Morgan fingerprint density at radius 2 is 1.92 bits per heavy atom. The molecule has 0 aliphatic carbocycles. The topological polar surface area (TPSA) is 84.9 Å². The number of hydrogen-bond donors (Lipinski definition) is 1. The number of hydrogen-bond acceptors (Lipinski definition) is 6. The van der Waals surface area contributed by atoms with E-state index in [0.717, 1.165) is 18.7 Å². The standard InChI is InChI=1S/C16H24N2O5S/c1-3-14(12-18-8-10-22-11-9-18)23-16(19)17-24(20,21)15-6-4-13(2)5-7-15/h4-7,14H,3,8-12H2,1-2H3,(H,17,19)/t14-/m0/s1. The maximum atomic E-state index is 12.2. The zero-order chi connectivity index (χ0) is 17.6. The molecule has 7 nitrogen and oxygen atoms in total. The third-order valence-electron chi connectivity index (χ3n) is 3.84. The van der Waals surface area contributed by atoms with Gasteiger partial charge in [-0.15, -0.1) is 0 Å². The number of aryl methyl sites for hydroxylation is 1. The number of sulfonamides is 1. The smallest absolute Gasteiger partial charge is 0.421 e. The minimum absolute atomic E-state index is 0.0336. The predicted molar refractivity (Wildman–Crippen MR) is 89.3 cm³/mol. The normalized spacial score (nSPS) is 17.2. The number of nitrogens with one attached hydrogen (secondary N) is 1. The Morgan fingerprint density at radius 1 is 1.29 bits per heavy atom. The van der Waals surface area contributed by atoms with Gasteiger partial charge in [0.15, 0.2) is 0 Å². The van der Waals surface area contributed by atoms with E-state index in [9.17, 15) is 13.2 Å². The number of carbonyl (C=O) groups is 1. The molecule has 24 heavy (non-hydrogen) atoms. The van der Waals surface area contributed by atoms with Crippen molar-refractivity contribution in [2.45, 2.75) is 31.3 Å². The first kappa shape index (κ1) is 18.7. The Morgan fingerprint density at radius 3 is 2.50 bits per heavy atom. The molecule has 1 fully saturated rings. The van der Waals surface area contributed by atoms with Crippen molar-refractivity contribution in [3.8, 4) is 0 Å². The van der Waals surface area contributed by atoms with Crippen LogP contribution in [-0.2, 0) is 19.5 Å². The molecule has 0 aromatic heterocycles. The summed E-state index contributed by atoms with van der Waals surface area (Å²) in [4.78, 5) is 14.1. The van der Waals surface area contributed by atoms with Crippen LogP contribution in [-0.4, -0.2) is 58.4 Å². The Kier molecular flexibility index (Phi) is 6.59. The van der Waals surface area contributed by atoms with Crippen molar-refractivity contribution in [3.05, 3.63) is 29.8 Å². The van der Waals surface area contributed by atoms with Gasteiger partial charge in [-0.2, -0.15) is 0 Å². The zero-order valence-corrected chi connectivity index (χ0v) is 14.8. The largest absolute Gasteiger partial charge is 0.444 e. The average Bonchev–Trinajstić information content (AvgIpc) is 2.55. The van der Waals surface area contributed by atoms with Gasteiger partial charge >= 0.3 is 6.09 Å². The molecule has 0 radical (unpaired) electrons. The molecule has 2 rings (SSSR count). The fourth-order valence-corrected chi connectivity index (χ4v) is 3.26. The van der Waals surface area contributed by atoms with Crippen LogP contribution in [0.15, 0.2) is 29.2 Å². The summed E-state index contributed by atoms with van der Waals surface area (Å²) in [5, 5.41) is 0. The molecule has 1 heterocycles. The summed E-state index contributed by atoms with van der Waals surface area (Å²) < 4.78 is 36.9. The van der Waals surface area contributed by atoms with Gasteiger partial charge in [0, 0.05) is 19.6 Å². The highest BCUT2D eigenvalue weighted by Crippen LogP contribution is 2.11. The number of benzene rings is 1. The van der Waals surface area contributed by atoms with Gasteiger partial charge in [-0.1, -0.05) is 24.6 Å². The first-order chi connectivity index (χ1) is 11.4. The maximum absolute atomic E-state index is 12.2. The summed E-state index contributed by atoms with van der Waals surface area (Å²) in [5.41, 5.74) is 0.938. The summed E-state index contributed by atoms with van der Waals surface area (Å²) in [6, 6.07) is 6.26. The quantitative estimate of drug-likeness (QED) is 0.832. The van der Waals surface area contributed by atoms with Crippen LogP contribution in [0.5, 0.6) is 0 Å². The molecule has 1 aliphatic heterocycles. The molecule has 1 aliphatic rings. The highest BCUT2D eigenvalue weighted by atomic mass is 32.2. The van der Waals surface area contributed by atoms with E-state index in [0.29, 0.717) is 26.2 Å². The second kappa shape index (κ2) is 8.46. The zero-order valence-electron chi connectivity index (χ0n) is 14.0. The van der Waals surface area contributed by atoms with Crippen LogP contribution in [0.2, 0.25) is 0 Å². The third kappa shape index (κ3) is 5.47. The highest BCUT2D eigenvalue weighted by Gasteiger charge is 2.23. The monoisotopic (exact) mass is 356 g/mol. The van der Waals surface area contributed by atoms with Crippen LogP contribution >= 0.6 is 0 Å². The molecule has 1 aromatic rings. The van der Waals surface area contributed by atoms with Gasteiger partial charge in [0.25, 0.3) is 10.0 Å². The molecule has 134 valence electrons. The molecular formula is C16H24N2O5S. The molecule has 1 amide bonds. The average molecular weight is 356 g/mol. The minimum Gasteiger partial charge on any atom is -0.444 e. The van der Waals surface area contributed by atoms with Gasteiger partial charge in [-0.05, 0) is 25.5 Å². The van der Waals surface area contributed by atoms with E-state index in [2.05, 4.69) is 4.90 Å². The lowest BCUT2D eigenvalue weighted by atomic mass is 10.2. The minimum atomic E-state index is -3.92. The van der Waals surface area contributed by atoms with Gasteiger partial charge in [-0.25, -0.2) is 17.9 Å². The third-order valence-corrected chi connectivity index (χ3v) is 5.17. The van der Waals surface area contributed by atoms with E-state index >= 15 is 0 Å². The summed E-state index contributed by atoms with van der Waals surface area (Å²) in [7, 11) is -3.92. The van der Waals surface area contributed by atoms with Gasteiger partial charge < -0.3 is 9.47 Å². The number of nitrogens with zero attached hydrogens (tertiary/aromatic N) is 1. The second-order valence-corrected chi connectivity index (χ2v) is 7.45. The Balaban J connectivity index is 1.91. The van der Waals surface area contributed by atoms with E-state index in [-0.39, 0.29) is 11.0 Å². The van der Waals surface area contributed by atoms with Crippen LogP contribution in [0.25, 0.3) is 0 Å². The molecule has 8 heteroatoms. The van der Waals surface area contributed by atoms with E-state index in [4.69, 9.17) is 9.47 Å². The Bertz CT molecular complexity index is 639. The highest BCUT2D eigenvalue weighted by molar-refractivity contribution is 7.90. The number of rotatable bonds is 6. The van der Waals surface area contributed by atoms with Crippen LogP contribution in [0, 0.1) is 6.92 Å². The Labute approximate surface area is 143 Å². The lowest BCUT2D eigenvalue weighted by Gasteiger charge is -2.29. The first-order valence-electron chi connectivity index (χ1n) is 8.01. The fraction of sp³-hybridized carbons (Fsp3) is 0.562. The SMILES string of the molecule is CC[C@@H](CN1CCOCC1)OC(=O)NS(=O)(=O)c1ccc(C)cc1. The predicted octanol–water partition coefficient (Wildman–Crippen LogP) is 1.52. The van der Waals surface area contributed by atoms with Crippen molar-refractivity contribution in [1.82, 2.24) is 9.62 Å². The van der Waals surface area contributed by atoms with Gasteiger partial charge in [0.2, 0.25) is 0 Å².